The Morgan fingerprint density at radius 1 is 1.18 bits per heavy atom. The summed E-state index contributed by atoms with van der Waals surface area (Å²) in [5.41, 5.74) is 0.672. The molecule has 0 aliphatic rings. The van der Waals surface area contributed by atoms with Crippen LogP contribution >= 0.6 is 0 Å². The molecule has 0 spiro atoms. The van der Waals surface area contributed by atoms with Gasteiger partial charge in [-0.15, -0.1) is 0 Å². The lowest BCUT2D eigenvalue weighted by atomic mass is 10.0. The predicted molar refractivity (Wildman–Crippen MR) is 68.7 cm³/mol. The second kappa shape index (κ2) is 5.54. The molecular formula is C13H18F2OSi. The van der Waals surface area contributed by atoms with Crippen LogP contribution in [0.25, 0.3) is 0 Å². The van der Waals surface area contributed by atoms with Gasteiger partial charge in [0.15, 0.2) is 0 Å². The molecule has 94 valence electrons. The van der Waals surface area contributed by atoms with E-state index in [1.807, 2.05) is 6.07 Å². The first kappa shape index (κ1) is 14.0. The smallest absolute Gasteiger partial charge is 0.129 e. The summed E-state index contributed by atoms with van der Waals surface area (Å²) >= 11 is 0. The lowest BCUT2D eigenvalue weighted by Gasteiger charge is -2.32. The number of benzene rings is 1. The Balaban J connectivity index is 3.10. The Kier molecular flexibility index (Phi) is 4.57. The molecule has 0 N–H and O–H groups in total. The molecule has 0 amide bonds. The molecule has 1 unspecified atom stereocenters. The molecule has 0 aromatic heterocycles. The van der Waals surface area contributed by atoms with E-state index in [0.29, 0.717) is 11.8 Å². The molecule has 0 fully saturated rings. The predicted octanol–water partition coefficient (Wildman–Crippen LogP) is 2.39. The second-order valence-corrected chi connectivity index (χ2v) is 8.78. The van der Waals surface area contributed by atoms with Crippen molar-refractivity contribution in [1.29, 1.82) is 0 Å². The van der Waals surface area contributed by atoms with E-state index in [4.69, 9.17) is 0 Å². The zero-order valence-corrected chi connectivity index (χ0v) is 11.7. The van der Waals surface area contributed by atoms with E-state index < -0.39 is 32.9 Å². The maximum absolute atomic E-state index is 13.3. The van der Waals surface area contributed by atoms with Gasteiger partial charge in [0, 0.05) is 0 Å². The molecule has 0 heterocycles. The SMILES string of the molecule is CC(C)(CF)[SiH2]C(C=O)(CF)c1ccccc1. The fraction of sp³-hybridized carbons (Fsp3) is 0.462. The highest BCUT2D eigenvalue weighted by atomic mass is 28.2. The Labute approximate surface area is 103 Å². The molecule has 17 heavy (non-hydrogen) atoms. The van der Waals surface area contributed by atoms with E-state index in [0.717, 1.165) is 0 Å². The fourth-order valence-corrected chi connectivity index (χ4v) is 4.46. The van der Waals surface area contributed by atoms with Crippen LogP contribution < -0.4 is 0 Å². The minimum Gasteiger partial charge on any atom is -0.303 e. The zero-order valence-electron chi connectivity index (χ0n) is 10.2. The van der Waals surface area contributed by atoms with Crippen LogP contribution in [-0.4, -0.2) is 29.2 Å². The second-order valence-electron chi connectivity index (χ2n) is 5.25. The van der Waals surface area contributed by atoms with Crippen LogP contribution in [0.2, 0.25) is 5.04 Å². The average molecular weight is 256 g/mol. The highest BCUT2D eigenvalue weighted by Crippen LogP contribution is 2.33. The maximum Gasteiger partial charge on any atom is 0.129 e. The molecular weight excluding hydrogens is 238 g/mol. The van der Waals surface area contributed by atoms with Gasteiger partial charge in [0.25, 0.3) is 0 Å². The number of halogens is 2. The quantitative estimate of drug-likeness (QED) is 0.564. The first-order valence-corrected chi connectivity index (χ1v) is 7.05. The maximum atomic E-state index is 13.3. The number of aldehydes is 1. The summed E-state index contributed by atoms with van der Waals surface area (Å²) in [6.45, 7) is 2.27. The van der Waals surface area contributed by atoms with Gasteiger partial charge in [-0.2, -0.15) is 0 Å². The molecule has 0 aliphatic heterocycles. The standard InChI is InChI=1S/C13H18F2OSi/c1-12(2,8-14)17-13(9-15,10-16)11-6-4-3-5-7-11/h3-7,10H,8-9,17H2,1-2H3. The van der Waals surface area contributed by atoms with E-state index in [1.165, 1.54) is 0 Å². The third-order valence-corrected chi connectivity index (χ3v) is 5.51. The lowest BCUT2D eigenvalue weighted by molar-refractivity contribution is -0.110. The molecule has 1 atom stereocenters. The van der Waals surface area contributed by atoms with Crippen molar-refractivity contribution in [1.82, 2.24) is 0 Å². The van der Waals surface area contributed by atoms with Gasteiger partial charge in [-0.25, -0.2) is 0 Å². The van der Waals surface area contributed by atoms with Crippen LogP contribution in [0.5, 0.6) is 0 Å². The first-order chi connectivity index (χ1) is 7.99. The number of carbonyl (C=O) groups excluding carboxylic acids is 1. The summed E-state index contributed by atoms with van der Waals surface area (Å²) in [4.78, 5) is 11.3. The number of rotatable bonds is 6. The summed E-state index contributed by atoms with van der Waals surface area (Å²) < 4.78 is 26.2. The van der Waals surface area contributed by atoms with Crippen molar-refractivity contribution in [2.75, 3.05) is 13.3 Å². The van der Waals surface area contributed by atoms with Crippen molar-refractivity contribution in [2.45, 2.75) is 23.9 Å². The van der Waals surface area contributed by atoms with Crippen LogP contribution in [0, 0.1) is 0 Å². The summed E-state index contributed by atoms with van der Waals surface area (Å²) in [5.74, 6) is 0. The Morgan fingerprint density at radius 2 is 1.76 bits per heavy atom. The van der Waals surface area contributed by atoms with Crippen molar-refractivity contribution in [3.05, 3.63) is 35.9 Å². The van der Waals surface area contributed by atoms with Crippen molar-refractivity contribution in [3.63, 3.8) is 0 Å². The van der Waals surface area contributed by atoms with Crippen LogP contribution in [0.3, 0.4) is 0 Å². The highest BCUT2D eigenvalue weighted by molar-refractivity contribution is 6.49. The topological polar surface area (TPSA) is 17.1 Å². The highest BCUT2D eigenvalue weighted by Gasteiger charge is 2.38. The monoisotopic (exact) mass is 256 g/mol. The third-order valence-electron chi connectivity index (χ3n) is 2.97. The van der Waals surface area contributed by atoms with E-state index >= 15 is 0 Å². The van der Waals surface area contributed by atoms with Crippen molar-refractivity contribution >= 4 is 15.8 Å². The van der Waals surface area contributed by atoms with Gasteiger partial charge in [-0.05, 0) is 10.6 Å². The third kappa shape index (κ3) is 3.22. The molecule has 1 aromatic carbocycles. The number of carbonyl (C=O) groups is 1. The molecule has 0 radical (unpaired) electrons. The minimum absolute atomic E-state index is 0.512. The molecule has 0 bridgehead atoms. The molecule has 0 saturated heterocycles. The Hall–Kier alpha value is -1.03. The summed E-state index contributed by atoms with van der Waals surface area (Å²) in [5, 5.41) is -1.65. The molecule has 1 aromatic rings. The largest absolute Gasteiger partial charge is 0.303 e. The number of hydrogen-bond acceptors (Lipinski definition) is 1. The Morgan fingerprint density at radius 3 is 2.18 bits per heavy atom. The Bertz CT molecular complexity index is 367. The van der Waals surface area contributed by atoms with Crippen molar-refractivity contribution in [3.8, 4) is 0 Å². The fourth-order valence-electron chi connectivity index (χ4n) is 2.04. The van der Waals surface area contributed by atoms with Gasteiger partial charge in [0.2, 0.25) is 0 Å². The van der Waals surface area contributed by atoms with Crippen molar-refractivity contribution < 1.29 is 13.6 Å². The van der Waals surface area contributed by atoms with E-state index in [1.54, 1.807) is 38.1 Å². The normalized spacial score (nSPS) is 16.0. The van der Waals surface area contributed by atoms with Crippen LogP contribution in [0.4, 0.5) is 8.78 Å². The van der Waals surface area contributed by atoms with Gasteiger partial charge in [-0.3, -0.25) is 8.78 Å². The first-order valence-electron chi connectivity index (χ1n) is 5.63. The summed E-state index contributed by atoms with van der Waals surface area (Å²) in [6, 6.07) is 8.86. The molecule has 0 saturated carbocycles. The number of alkyl halides is 2. The molecule has 1 rings (SSSR count). The van der Waals surface area contributed by atoms with Gasteiger partial charge < -0.3 is 4.79 Å². The molecule has 1 nitrogen and oxygen atoms in total. The van der Waals surface area contributed by atoms with Gasteiger partial charge >= 0.3 is 0 Å². The minimum atomic E-state index is -1.27. The summed E-state index contributed by atoms with van der Waals surface area (Å²) in [7, 11) is -1.27. The number of hydrogen-bond donors (Lipinski definition) is 0. The van der Waals surface area contributed by atoms with Crippen LogP contribution in [-0.2, 0) is 9.83 Å². The summed E-state index contributed by atoms with van der Waals surface area (Å²) in [6.07, 6.45) is 0.673. The molecule has 4 heteroatoms. The van der Waals surface area contributed by atoms with Gasteiger partial charge in [0.05, 0.1) is 21.2 Å². The van der Waals surface area contributed by atoms with E-state index in [9.17, 15) is 13.6 Å². The molecule has 0 aliphatic carbocycles. The van der Waals surface area contributed by atoms with E-state index in [2.05, 4.69) is 0 Å². The van der Waals surface area contributed by atoms with Crippen LogP contribution in [0.15, 0.2) is 30.3 Å². The average Bonchev–Trinajstić information content (AvgIpc) is 2.37. The van der Waals surface area contributed by atoms with Crippen molar-refractivity contribution in [2.24, 2.45) is 0 Å². The zero-order chi connectivity index (χ0) is 12.9. The van der Waals surface area contributed by atoms with E-state index in [-0.39, 0.29) is 0 Å². The van der Waals surface area contributed by atoms with Gasteiger partial charge in [0.1, 0.15) is 13.0 Å². The lowest BCUT2D eigenvalue weighted by Crippen LogP contribution is -2.43. The van der Waals surface area contributed by atoms with Crippen LogP contribution in [0.1, 0.15) is 19.4 Å². The van der Waals surface area contributed by atoms with Gasteiger partial charge in [-0.1, -0.05) is 44.2 Å².